The van der Waals surface area contributed by atoms with Crippen LogP contribution in [0.3, 0.4) is 0 Å². The zero-order chi connectivity index (χ0) is 10.1. The number of alkyl halides is 2. The minimum atomic E-state index is -2.56. The Labute approximate surface area is 103 Å². The van der Waals surface area contributed by atoms with E-state index in [0.29, 0.717) is 16.6 Å². The monoisotopic (exact) mass is 269 g/mol. The van der Waals surface area contributed by atoms with Gasteiger partial charge in [0, 0.05) is 30.0 Å². The van der Waals surface area contributed by atoms with Gasteiger partial charge >= 0.3 is 6.55 Å². The van der Waals surface area contributed by atoms with Crippen LogP contribution in [0.2, 0.25) is 0 Å². The molecule has 90 valence electrons. The normalized spacial score (nSPS) is 10.0. The van der Waals surface area contributed by atoms with Crippen LogP contribution in [-0.2, 0) is 6.54 Å². The second-order valence-corrected chi connectivity index (χ2v) is 2.92. The van der Waals surface area contributed by atoms with Crippen molar-refractivity contribution in [1.82, 2.24) is 9.55 Å². The second kappa shape index (κ2) is 5.98. The van der Waals surface area contributed by atoms with E-state index in [2.05, 4.69) is 4.98 Å². The van der Waals surface area contributed by atoms with Crippen LogP contribution in [0, 0.1) is 0 Å². The Morgan fingerprint density at radius 1 is 1.38 bits per heavy atom. The van der Waals surface area contributed by atoms with Gasteiger partial charge in [-0.2, -0.15) is 8.78 Å². The summed E-state index contributed by atoms with van der Waals surface area (Å²) in [7, 11) is 0. The molecule has 7 heteroatoms. The summed E-state index contributed by atoms with van der Waals surface area (Å²) in [5, 5.41) is 0.688. The Morgan fingerprint density at radius 2 is 2.06 bits per heavy atom. The van der Waals surface area contributed by atoms with Gasteiger partial charge < -0.3 is 5.73 Å². The van der Waals surface area contributed by atoms with Crippen LogP contribution in [-0.4, -0.2) is 9.55 Å². The van der Waals surface area contributed by atoms with Gasteiger partial charge in [0.05, 0.1) is 5.52 Å². The largest absolute Gasteiger partial charge is 0.325 e. The molecule has 0 unspecified atom stereocenters. The number of rotatable bonds is 2. The van der Waals surface area contributed by atoms with Gasteiger partial charge in [0.2, 0.25) is 0 Å². The van der Waals surface area contributed by atoms with Crippen molar-refractivity contribution in [2.24, 2.45) is 5.73 Å². The highest BCUT2D eigenvalue weighted by atomic mass is 35.5. The smallest absolute Gasteiger partial charge is 0.319 e. The minimum absolute atomic E-state index is 0. The number of hydrogen-bond donors (Lipinski definition) is 1. The Bertz CT molecular complexity index is 459. The van der Waals surface area contributed by atoms with E-state index in [1.54, 1.807) is 18.3 Å². The minimum Gasteiger partial charge on any atom is -0.325 e. The van der Waals surface area contributed by atoms with Crippen molar-refractivity contribution < 1.29 is 8.78 Å². The van der Waals surface area contributed by atoms with Crippen LogP contribution >= 0.6 is 24.8 Å². The summed E-state index contributed by atoms with van der Waals surface area (Å²) in [4.78, 5) is 3.86. The molecule has 0 radical (unpaired) electrons. The lowest BCUT2D eigenvalue weighted by molar-refractivity contribution is 0.0724. The first-order chi connectivity index (χ1) is 6.74. The predicted octanol–water partition coefficient (Wildman–Crippen LogP) is 2.73. The molecule has 0 spiro atoms. The molecule has 0 aliphatic rings. The first-order valence-electron chi connectivity index (χ1n) is 4.16. The third-order valence-electron chi connectivity index (χ3n) is 2.12. The van der Waals surface area contributed by atoms with Gasteiger partial charge in [-0.1, -0.05) is 0 Å². The van der Waals surface area contributed by atoms with Gasteiger partial charge in [0.25, 0.3) is 0 Å². The summed E-state index contributed by atoms with van der Waals surface area (Å²) in [6.07, 6.45) is 3.04. The fourth-order valence-electron chi connectivity index (χ4n) is 1.52. The van der Waals surface area contributed by atoms with Gasteiger partial charge in [0.1, 0.15) is 0 Å². The summed E-state index contributed by atoms with van der Waals surface area (Å²) in [6.45, 7) is -2.47. The van der Waals surface area contributed by atoms with Crippen molar-refractivity contribution >= 4 is 35.7 Å². The lowest BCUT2D eigenvalue weighted by Gasteiger charge is -2.06. The van der Waals surface area contributed by atoms with E-state index in [1.165, 1.54) is 6.20 Å². The third-order valence-corrected chi connectivity index (χ3v) is 2.12. The Hall–Kier alpha value is -0.910. The van der Waals surface area contributed by atoms with Crippen LogP contribution in [0.4, 0.5) is 8.78 Å². The molecule has 0 amide bonds. The molecule has 0 aliphatic heterocycles. The maximum Gasteiger partial charge on any atom is 0.319 e. The highest BCUT2D eigenvalue weighted by Crippen LogP contribution is 2.24. The lowest BCUT2D eigenvalue weighted by atomic mass is 10.3. The van der Waals surface area contributed by atoms with Gasteiger partial charge in [0.15, 0.2) is 0 Å². The average Bonchev–Trinajstić information content (AvgIpc) is 2.55. The van der Waals surface area contributed by atoms with Crippen LogP contribution in [0.1, 0.15) is 12.2 Å². The topological polar surface area (TPSA) is 43.8 Å². The molecule has 0 saturated heterocycles. The lowest BCUT2D eigenvalue weighted by Crippen LogP contribution is -2.07. The standard InChI is InChI=1S/C9H9F2N3.2ClH/c10-9(11)14-7(4-12)3-6-5-13-2-1-8(6)14;;/h1-3,5,9H,4,12H2;2*1H. The van der Waals surface area contributed by atoms with Crippen molar-refractivity contribution in [2.75, 3.05) is 0 Å². The molecule has 2 N–H and O–H groups in total. The van der Waals surface area contributed by atoms with E-state index in [9.17, 15) is 8.78 Å². The number of halogens is 4. The van der Waals surface area contributed by atoms with E-state index in [-0.39, 0.29) is 31.4 Å². The van der Waals surface area contributed by atoms with Gasteiger partial charge in [-0.25, -0.2) is 0 Å². The molecule has 2 aromatic heterocycles. The van der Waals surface area contributed by atoms with Crippen molar-refractivity contribution in [3.63, 3.8) is 0 Å². The molecule has 2 aromatic rings. The first kappa shape index (κ1) is 15.1. The molecule has 2 heterocycles. The number of hydrogen-bond acceptors (Lipinski definition) is 2. The maximum absolute atomic E-state index is 12.7. The fourth-order valence-corrected chi connectivity index (χ4v) is 1.52. The highest BCUT2D eigenvalue weighted by molar-refractivity contribution is 5.85. The summed E-state index contributed by atoms with van der Waals surface area (Å²) in [5.74, 6) is 0. The van der Waals surface area contributed by atoms with Crippen molar-refractivity contribution in [3.8, 4) is 0 Å². The van der Waals surface area contributed by atoms with Crippen LogP contribution < -0.4 is 5.73 Å². The van der Waals surface area contributed by atoms with E-state index in [0.717, 1.165) is 4.57 Å². The molecule has 3 nitrogen and oxygen atoms in total. The Kier molecular flexibility index (Phi) is 5.64. The molecular formula is C9H11Cl2F2N3. The molecule has 16 heavy (non-hydrogen) atoms. The van der Waals surface area contributed by atoms with Crippen molar-refractivity contribution in [2.45, 2.75) is 13.1 Å². The molecule has 0 atom stereocenters. The molecule has 0 fully saturated rings. The quantitative estimate of drug-likeness (QED) is 0.911. The zero-order valence-electron chi connectivity index (χ0n) is 8.14. The highest BCUT2D eigenvalue weighted by Gasteiger charge is 2.14. The van der Waals surface area contributed by atoms with Crippen molar-refractivity contribution in [1.29, 1.82) is 0 Å². The average molecular weight is 270 g/mol. The number of nitrogens with zero attached hydrogens (tertiary/aromatic N) is 2. The first-order valence-corrected chi connectivity index (χ1v) is 4.16. The summed E-state index contributed by atoms with van der Waals surface area (Å²) >= 11 is 0. The fraction of sp³-hybridized carbons (Fsp3) is 0.222. The zero-order valence-corrected chi connectivity index (χ0v) is 9.77. The van der Waals surface area contributed by atoms with E-state index >= 15 is 0 Å². The second-order valence-electron chi connectivity index (χ2n) is 2.92. The van der Waals surface area contributed by atoms with Gasteiger partial charge in [-0.05, 0) is 12.1 Å². The maximum atomic E-state index is 12.7. The molecule has 0 aromatic carbocycles. The van der Waals surface area contributed by atoms with Crippen LogP contribution in [0.5, 0.6) is 0 Å². The summed E-state index contributed by atoms with van der Waals surface area (Å²) < 4.78 is 26.3. The Morgan fingerprint density at radius 3 is 2.62 bits per heavy atom. The molecule has 0 saturated carbocycles. The van der Waals surface area contributed by atoms with Crippen molar-refractivity contribution in [3.05, 3.63) is 30.2 Å². The number of fused-ring (bicyclic) bond motifs is 1. The SMILES string of the molecule is Cl.Cl.NCc1cc2cnccc2n1C(F)F. The van der Waals surface area contributed by atoms with Gasteiger partial charge in [-0.15, -0.1) is 24.8 Å². The Balaban J connectivity index is 0.00000112. The number of aromatic nitrogens is 2. The number of nitrogens with two attached hydrogens (primary N) is 1. The molecule has 0 aliphatic carbocycles. The number of pyridine rings is 1. The summed E-state index contributed by atoms with van der Waals surface area (Å²) in [5.41, 5.74) is 6.27. The molecule has 0 bridgehead atoms. The van der Waals surface area contributed by atoms with E-state index in [1.807, 2.05) is 0 Å². The summed E-state index contributed by atoms with van der Waals surface area (Å²) in [6, 6.07) is 3.19. The van der Waals surface area contributed by atoms with Crippen LogP contribution in [0.25, 0.3) is 10.9 Å². The molecule has 2 rings (SSSR count). The predicted molar refractivity (Wildman–Crippen MR) is 63.4 cm³/mol. The third kappa shape index (κ3) is 2.42. The van der Waals surface area contributed by atoms with E-state index < -0.39 is 6.55 Å². The van der Waals surface area contributed by atoms with Gasteiger partial charge in [-0.3, -0.25) is 9.55 Å². The van der Waals surface area contributed by atoms with E-state index in [4.69, 9.17) is 5.73 Å². The van der Waals surface area contributed by atoms with Crippen LogP contribution in [0.15, 0.2) is 24.5 Å². The molecular weight excluding hydrogens is 259 g/mol.